The van der Waals surface area contributed by atoms with Crippen LogP contribution in [-0.4, -0.2) is 40.2 Å². The first kappa shape index (κ1) is 12.8. The maximum Gasteiger partial charge on any atom is 0.138 e. The second-order valence-corrected chi connectivity index (χ2v) is 6.78. The SMILES string of the molecule is Clc1snnc1CN(CC1CC1)CC1CCCN1. The van der Waals surface area contributed by atoms with Crippen LogP contribution < -0.4 is 5.32 Å². The molecule has 1 atom stereocenters. The summed E-state index contributed by atoms with van der Waals surface area (Å²) in [5.74, 6) is 0.900. The van der Waals surface area contributed by atoms with Crippen molar-refractivity contribution in [1.82, 2.24) is 19.8 Å². The minimum Gasteiger partial charge on any atom is -0.313 e. The molecule has 3 rings (SSSR count). The highest BCUT2D eigenvalue weighted by atomic mass is 35.5. The van der Waals surface area contributed by atoms with E-state index in [1.807, 2.05) is 0 Å². The first-order chi connectivity index (χ1) is 8.81. The lowest BCUT2D eigenvalue weighted by Gasteiger charge is -2.24. The van der Waals surface area contributed by atoms with Gasteiger partial charge in [-0.1, -0.05) is 16.1 Å². The third-order valence-corrected chi connectivity index (χ3v) is 4.72. The van der Waals surface area contributed by atoms with Crippen molar-refractivity contribution >= 4 is 23.1 Å². The lowest BCUT2D eigenvalue weighted by Crippen LogP contribution is -2.38. The van der Waals surface area contributed by atoms with Crippen LogP contribution in [0.2, 0.25) is 4.34 Å². The quantitative estimate of drug-likeness (QED) is 0.870. The molecule has 6 heteroatoms. The predicted octanol–water partition coefficient (Wildman–Crippen LogP) is 2.16. The zero-order valence-electron chi connectivity index (χ0n) is 10.4. The second-order valence-electron chi connectivity index (χ2n) is 5.42. The lowest BCUT2D eigenvalue weighted by molar-refractivity contribution is 0.229. The molecule has 2 fully saturated rings. The summed E-state index contributed by atoms with van der Waals surface area (Å²) < 4.78 is 4.66. The Hall–Kier alpha value is -0.230. The van der Waals surface area contributed by atoms with E-state index in [1.54, 1.807) is 0 Å². The normalized spacial score (nSPS) is 24.0. The molecule has 0 amide bonds. The number of hydrogen-bond acceptors (Lipinski definition) is 5. The molecule has 1 aliphatic carbocycles. The Kier molecular flexibility index (Phi) is 4.13. The molecule has 4 nitrogen and oxygen atoms in total. The molecule has 1 saturated carbocycles. The largest absolute Gasteiger partial charge is 0.313 e. The van der Waals surface area contributed by atoms with Crippen molar-refractivity contribution in [1.29, 1.82) is 0 Å². The van der Waals surface area contributed by atoms with Gasteiger partial charge < -0.3 is 5.32 Å². The average molecular weight is 287 g/mol. The van der Waals surface area contributed by atoms with Gasteiger partial charge in [-0.2, -0.15) is 0 Å². The number of rotatable bonds is 6. The third kappa shape index (κ3) is 3.41. The summed E-state index contributed by atoms with van der Waals surface area (Å²) in [5, 5.41) is 7.70. The predicted molar refractivity (Wildman–Crippen MR) is 73.9 cm³/mol. The standard InChI is InChI=1S/C12H19ClN4S/c13-12-11(15-16-18-12)8-17(6-9-3-4-9)7-10-2-1-5-14-10/h9-10,14H,1-8H2. The van der Waals surface area contributed by atoms with Gasteiger partial charge in [0, 0.05) is 37.2 Å². The van der Waals surface area contributed by atoms with Gasteiger partial charge in [-0.25, -0.2) is 0 Å². The van der Waals surface area contributed by atoms with E-state index in [2.05, 4.69) is 19.8 Å². The molecule has 0 aromatic carbocycles. The summed E-state index contributed by atoms with van der Waals surface area (Å²) >= 11 is 7.39. The highest BCUT2D eigenvalue weighted by Crippen LogP contribution is 2.31. The zero-order chi connectivity index (χ0) is 12.4. The van der Waals surface area contributed by atoms with E-state index in [0.717, 1.165) is 29.0 Å². The molecule has 1 saturated heterocycles. The first-order valence-corrected chi connectivity index (χ1v) is 7.89. The van der Waals surface area contributed by atoms with E-state index in [1.165, 1.54) is 50.3 Å². The van der Waals surface area contributed by atoms with Gasteiger partial charge in [0.15, 0.2) is 0 Å². The molecular formula is C12H19ClN4S. The van der Waals surface area contributed by atoms with Crippen LogP contribution in [0.15, 0.2) is 0 Å². The van der Waals surface area contributed by atoms with E-state index in [-0.39, 0.29) is 0 Å². The van der Waals surface area contributed by atoms with Gasteiger partial charge in [0.2, 0.25) is 0 Å². The summed E-state index contributed by atoms with van der Waals surface area (Å²) in [5.41, 5.74) is 0.945. The molecule has 1 unspecified atom stereocenters. The number of halogens is 1. The summed E-state index contributed by atoms with van der Waals surface area (Å²) in [4.78, 5) is 2.50. The highest BCUT2D eigenvalue weighted by molar-refractivity contribution is 7.10. The Morgan fingerprint density at radius 1 is 1.33 bits per heavy atom. The lowest BCUT2D eigenvalue weighted by atomic mass is 10.2. The topological polar surface area (TPSA) is 41.1 Å². The fourth-order valence-electron chi connectivity index (χ4n) is 2.60. The minimum atomic E-state index is 0.647. The van der Waals surface area contributed by atoms with E-state index in [0.29, 0.717) is 6.04 Å². The number of aromatic nitrogens is 2. The van der Waals surface area contributed by atoms with Crippen LogP contribution in [0.5, 0.6) is 0 Å². The summed E-state index contributed by atoms with van der Waals surface area (Å²) in [6, 6.07) is 0.647. The fraction of sp³-hybridized carbons (Fsp3) is 0.833. The smallest absolute Gasteiger partial charge is 0.138 e. The molecule has 1 aromatic heterocycles. The molecule has 100 valence electrons. The molecule has 1 aromatic rings. The van der Waals surface area contributed by atoms with Gasteiger partial charge in [0.25, 0.3) is 0 Å². The van der Waals surface area contributed by atoms with Gasteiger partial charge in [0.05, 0.1) is 0 Å². The van der Waals surface area contributed by atoms with Crippen LogP contribution >= 0.6 is 23.1 Å². The Morgan fingerprint density at radius 3 is 2.83 bits per heavy atom. The van der Waals surface area contributed by atoms with Crippen LogP contribution in [0.1, 0.15) is 31.4 Å². The maximum absolute atomic E-state index is 6.10. The Bertz CT molecular complexity index is 387. The first-order valence-electron chi connectivity index (χ1n) is 6.73. The van der Waals surface area contributed by atoms with Gasteiger partial charge in [-0.05, 0) is 38.1 Å². The molecule has 1 aliphatic heterocycles. The summed E-state index contributed by atoms with van der Waals surface area (Å²) in [6.07, 6.45) is 5.38. The molecule has 18 heavy (non-hydrogen) atoms. The molecule has 0 spiro atoms. The van der Waals surface area contributed by atoms with Crippen molar-refractivity contribution in [3.63, 3.8) is 0 Å². The van der Waals surface area contributed by atoms with Gasteiger partial charge in [-0.15, -0.1) is 5.10 Å². The van der Waals surface area contributed by atoms with Crippen LogP contribution in [0.4, 0.5) is 0 Å². The summed E-state index contributed by atoms with van der Waals surface area (Å²) in [6.45, 7) is 4.32. The molecule has 2 heterocycles. The maximum atomic E-state index is 6.10. The Labute approximate surface area is 117 Å². The van der Waals surface area contributed by atoms with E-state index in [4.69, 9.17) is 11.6 Å². The van der Waals surface area contributed by atoms with E-state index < -0.39 is 0 Å². The summed E-state index contributed by atoms with van der Waals surface area (Å²) in [7, 11) is 0. The minimum absolute atomic E-state index is 0.647. The van der Waals surface area contributed by atoms with Crippen molar-refractivity contribution in [3.05, 3.63) is 10.0 Å². The molecule has 0 radical (unpaired) electrons. The van der Waals surface area contributed by atoms with Crippen molar-refractivity contribution in [3.8, 4) is 0 Å². The monoisotopic (exact) mass is 286 g/mol. The molecule has 1 N–H and O–H groups in total. The second kappa shape index (κ2) is 5.82. The van der Waals surface area contributed by atoms with Crippen LogP contribution in [-0.2, 0) is 6.54 Å². The van der Waals surface area contributed by atoms with Crippen LogP contribution in [0.3, 0.4) is 0 Å². The fourth-order valence-corrected chi connectivity index (χ4v) is 3.21. The molecule has 2 aliphatic rings. The number of nitrogens with zero attached hydrogens (tertiary/aromatic N) is 3. The van der Waals surface area contributed by atoms with Crippen molar-refractivity contribution in [2.45, 2.75) is 38.3 Å². The van der Waals surface area contributed by atoms with Crippen LogP contribution in [0, 0.1) is 5.92 Å². The average Bonchev–Trinajstić information content (AvgIpc) is 2.84. The number of hydrogen-bond donors (Lipinski definition) is 1. The van der Waals surface area contributed by atoms with Crippen molar-refractivity contribution < 1.29 is 0 Å². The molecular weight excluding hydrogens is 268 g/mol. The van der Waals surface area contributed by atoms with Gasteiger partial charge in [0.1, 0.15) is 10.0 Å². The Morgan fingerprint density at radius 2 is 2.22 bits per heavy atom. The molecule has 0 bridgehead atoms. The van der Waals surface area contributed by atoms with E-state index in [9.17, 15) is 0 Å². The van der Waals surface area contributed by atoms with Crippen molar-refractivity contribution in [2.75, 3.05) is 19.6 Å². The third-order valence-electron chi connectivity index (χ3n) is 3.74. The Balaban J connectivity index is 1.59. The van der Waals surface area contributed by atoms with Crippen LogP contribution in [0.25, 0.3) is 0 Å². The van der Waals surface area contributed by atoms with E-state index >= 15 is 0 Å². The van der Waals surface area contributed by atoms with Crippen molar-refractivity contribution in [2.24, 2.45) is 5.92 Å². The highest BCUT2D eigenvalue weighted by Gasteiger charge is 2.27. The zero-order valence-corrected chi connectivity index (χ0v) is 12.0. The van der Waals surface area contributed by atoms with Gasteiger partial charge >= 0.3 is 0 Å². The number of nitrogens with one attached hydrogen (secondary N) is 1. The van der Waals surface area contributed by atoms with Gasteiger partial charge in [-0.3, -0.25) is 4.90 Å².